The lowest BCUT2D eigenvalue weighted by atomic mass is 9.90. The molecule has 0 bridgehead atoms. The van der Waals surface area contributed by atoms with Gasteiger partial charge >= 0.3 is 0 Å². The Morgan fingerprint density at radius 2 is 2.13 bits per heavy atom. The molecule has 0 saturated carbocycles. The summed E-state index contributed by atoms with van der Waals surface area (Å²) in [4.78, 5) is 8.35. The van der Waals surface area contributed by atoms with Gasteiger partial charge in [0.25, 0.3) is 0 Å². The molecule has 0 amide bonds. The molecule has 1 unspecified atom stereocenters. The molecule has 0 aromatic carbocycles. The van der Waals surface area contributed by atoms with Crippen molar-refractivity contribution in [3.8, 4) is 0 Å². The van der Waals surface area contributed by atoms with Crippen LogP contribution in [-0.2, 0) is 0 Å². The molecular weight excluding hydrogens is 186 g/mol. The van der Waals surface area contributed by atoms with Crippen molar-refractivity contribution in [3.63, 3.8) is 0 Å². The quantitative estimate of drug-likeness (QED) is 0.806. The predicted octanol–water partition coefficient (Wildman–Crippen LogP) is 2.56. The first-order valence-electron chi connectivity index (χ1n) is 5.54. The van der Waals surface area contributed by atoms with Crippen LogP contribution in [0, 0.1) is 5.41 Å². The summed E-state index contributed by atoms with van der Waals surface area (Å²) in [6.45, 7) is 9.87. The number of rotatable bonds is 5. The summed E-state index contributed by atoms with van der Waals surface area (Å²) < 4.78 is 0. The van der Waals surface area contributed by atoms with Crippen molar-refractivity contribution in [2.24, 2.45) is 5.41 Å². The van der Waals surface area contributed by atoms with Crippen molar-refractivity contribution in [3.05, 3.63) is 24.3 Å². The van der Waals surface area contributed by atoms with E-state index in [9.17, 15) is 0 Å². The van der Waals surface area contributed by atoms with Crippen LogP contribution >= 0.6 is 0 Å². The van der Waals surface area contributed by atoms with Crippen molar-refractivity contribution in [1.29, 1.82) is 0 Å². The van der Waals surface area contributed by atoms with Gasteiger partial charge in [0, 0.05) is 31.2 Å². The van der Waals surface area contributed by atoms with Gasteiger partial charge in [0.05, 0.1) is 5.69 Å². The maximum absolute atomic E-state index is 4.28. The van der Waals surface area contributed by atoms with Crippen LogP contribution in [-0.4, -0.2) is 16.5 Å². The average Bonchev–Trinajstić information content (AvgIpc) is 2.27. The van der Waals surface area contributed by atoms with Gasteiger partial charge in [0.1, 0.15) is 0 Å². The lowest BCUT2D eigenvalue weighted by Gasteiger charge is -2.25. The first-order valence-corrected chi connectivity index (χ1v) is 5.54. The molecule has 1 heterocycles. The molecule has 0 aliphatic carbocycles. The highest BCUT2D eigenvalue weighted by molar-refractivity contribution is 5.00. The standard InChI is InChI=1S/C12H21N3/c1-5-12(3,4)9-15-10(2)11-8-13-6-7-14-11/h6-8,10,15H,5,9H2,1-4H3. The molecule has 1 N–H and O–H groups in total. The highest BCUT2D eigenvalue weighted by atomic mass is 14.9. The molecule has 0 saturated heterocycles. The van der Waals surface area contributed by atoms with Gasteiger partial charge in [-0.2, -0.15) is 0 Å². The van der Waals surface area contributed by atoms with E-state index in [2.05, 4.69) is 43.0 Å². The SMILES string of the molecule is CCC(C)(C)CNC(C)c1cnccn1. The number of hydrogen-bond acceptors (Lipinski definition) is 3. The van der Waals surface area contributed by atoms with Crippen molar-refractivity contribution in [2.45, 2.75) is 40.2 Å². The molecule has 15 heavy (non-hydrogen) atoms. The molecule has 0 aliphatic heterocycles. The van der Waals surface area contributed by atoms with E-state index in [0.29, 0.717) is 5.41 Å². The van der Waals surface area contributed by atoms with E-state index in [1.807, 2.05) is 6.20 Å². The van der Waals surface area contributed by atoms with Crippen LogP contribution in [0.5, 0.6) is 0 Å². The van der Waals surface area contributed by atoms with Gasteiger partial charge in [-0.05, 0) is 18.8 Å². The minimum atomic E-state index is 0.268. The van der Waals surface area contributed by atoms with Crippen molar-refractivity contribution >= 4 is 0 Å². The highest BCUT2D eigenvalue weighted by Crippen LogP contribution is 2.19. The third-order valence-corrected chi connectivity index (χ3v) is 2.87. The van der Waals surface area contributed by atoms with Gasteiger partial charge in [-0.25, -0.2) is 0 Å². The van der Waals surface area contributed by atoms with E-state index in [1.165, 1.54) is 6.42 Å². The van der Waals surface area contributed by atoms with Crippen LogP contribution in [0.2, 0.25) is 0 Å². The minimum Gasteiger partial charge on any atom is -0.308 e. The topological polar surface area (TPSA) is 37.8 Å². The molecule has 3 heteroatoms. The zero-order valence-corrected chi connectivity index (χ0v) is 10.1. The second-order valence-electron chi connectivity index (χ2n) is 4.75. The summed E-state index contributed by atoms with van der Waals surface area (Å²) in [6, 6.07) is 0.268. The summed E-state index contributed by atoms with van der Waals surface area (Å²) in [6.07, 6.45) is 6.43. The van der Waals surface area contributed by atoms with Gasteiger partial charge in [0.15, 0.2) is 0 Å². The molecule has 1 aromatic heterocycles. The van der Waals surface area contributed by atoms with Crippen LogP contribution in [0.3, 0.4) is 0 Å². The maximum Gasteiger partial charge on any atom is 0.0753 e. The van der Waals surface area contributed by atoms with Crippen LogP contribution in [0.15, 0.2) is 18.6 Å². The number of aromatic nitrogens is 2. The summed E-state index contributed by atoms with van der Waals surface area (Å²) >= 11 is 0. The van der Waals surface area contributed by atoms with Gasteiger partial charge in [-0.3, -0.25) is 9.97 Å². The van der Waals surface area contributed by atoms with Crippen LogP contribution in [0.1, 0.15) is 45.9 Å². The van der Waals surface area contributed by atoms with Crippen molar-refractivity contribution in [1.82, 2.24) is 15.3 Å². The zero-order valence-electron chi connectivity index (χ0n) is 10.1. The van der Waals surface area contributed by atoms with E-state index in [-0.39, 0.29) is 6.04 Å². The Morgan fingerprint density at radius 3 is 2.67 bits per heavy atom. The average molecular weight is 207 g/mol. The third kappa shape index (κ3) is 3.96. The second kappa shape index (κ2) is 5.21. The molecule has 1 atom stereocenters. The Morgan fingerprint density at radius 1 is 1.40 bits per heavy atom. The van der Waals surface area contributed by atoms with Crippen molar-refractivity contribution < 1.29 is 0 Å². The van der Waals surface area contributed by atoms with E-state index in [1.54, 1.807) is 12.4 Å². The first-order chi connectivity index (χ1) is 7.05. The maximum atomic E-state index is 4.28. The first kappa shape index (κ1) is 12.1. The molecule has 0 fully saturated rings. The monoisotopic (exact) mass is 207 g/mol. The Kier molecular flexibility index (Phi) is 4.21. The largest absolute Gasteiger partial charge is 0.308 e. The second-order valence-corrected chi connectivity index (χ2v) is 4.75. The Labute approximate surface area is 92.3 Å². The van der Waals surface area contributed by atoms with Gasteiger partial charge in [-0.15, -0.1) is 0 Å². The van der Waals surface area contributed by atoms with Crippen LogP contribution in [0.4, 0.5) is 0 Å². The minimum absolute atomic E-state index is 0.268. The van der Waals surface area contributed by atoms with Gasteiger partial charge in [-0.1, -0.05) is 20.8 Å². The fraction of sp³-hybridized carbons (Fsp3) is 0.667. The van der Waals surface area contributed by atoms with E-state index in [0.717, 1.165) is 12.2 Å². The summed E-state index contributed by atoms with van der Waals surface area (Å²) in [5.41, 5.74) is 1.35. The fourth-order valence-electron chi connectivity index (χ4n) is 1.19. The van der Waals surface area contributed by atoms with E-state index >= 15 is 0 Å². The Bertz CT molecular complexity index is 282. The fourth-order valence-corrected chi connectivity index (χ4v) is 1.19. The molecule has 0 aliphatic rings. The van der Waals surface area contributed by atoms with Gasteiger partial charge < -0.3 is 5.32 Å². The summed E-state index contributed by atoms with van der Waals surface area (Å²) in [5.74, 6) is 0. The lowest BCUT2D eigenvalue weighted by molar-refractivity contribution is 0.312. The molecule has 0 radical (unpaired) electrons. The zero-order chi connectivity index (χ0) is 11.3. The Balaban J connectivity index is 2.47. The molecule has 1 rings (SSSR count). The molecule has 3 nitrogen and oxygen atoms in total. The number of hydrogen-bond donors (Lipinski definition) is 1. The predicted molar refractivity (Wildman–Crippen MR) is 62.5 cm³/mol. The molecular formula is C12H21N3. The Hall–Kier alpha value is -0.960. The normalized spacial score (nSPS) is 13.9. The van der Waals surface area contributed by atoms with E-state index in [4.69, 9.17) is 0 Å². The third-order valence-electron chi connectivity index (χ3n) is 2.87. The highest BCUT2D eigenvalue weighted by Gasteiger charge is 2.16. The van der Waals surface area contributed by atoms with Crippen molar-refractivity contribution in [2.75, 3.05) is 6.54 Å². The van der Waals surface area contributed by atoms with Crippen LogP contribution in [0.25, 0.3) is 0 Å². The van der Waals surface area contributed by atoms with Crippen LogP contribution < -0.4 is 5.32 Å². The summed E-state index contributed by atoms with van der Waals surface area (Å²) in [7, 11) is 0. The molecule has 84 valence electrons. The van der Waals surface area contributed by atoms with E-state index < -0.39 is 0 Å². The molecule has 0 spiro atoms. The molecule has 1 aromatic rings. The smallest absolute Gasteiger partial charge is 0.0753 e. The summed E-state index contributed by atoms with van der Waals surface area (Å²) in [5, 5.41) is 3.49. The lowest BCUT2D eigenvalue weighted by Crippen LogP contribution is -2.31. The number of nitrogens with one attached hydrogen (secondary N) is 1. The number of nitrogens with zero attached hydrogens (tertiary/aromatic N) is 2. The van der Waals surface area contributed by atoms with Gasteiger partial charge in [0.2, 0.25) is 0 Å².